The van der Waals surface area contributed by atoms with Crippen molar-refractivity contribution in [2.24, 2.45) is 0 Å². The minimum atomic E-state index is -4.43. The van der Waals surface area contributed by atoms with Crippen LogP contribution in [0.3, 0.4) is 0 Å². The van der Waals surface area contributed by atoms with Crippen LogP contribution in [-0.4, -0.2) is 94.0 Å². The molecule has 0 bridgehead atoms. The Kier molecular flexibility index (Phi) is 10.1. The fourth-order valence-corrected chi connectivity index (χ4v) is 7.27. The Morgan fingerprint density at radius 2 is 1.80 bits per heavy atom. The Balaban J connectivity index is 1.33. The predicted molar refractivity (Wildman–Crippen MR) is 174 cm³/mol. The molecule has 0 spiro atoms. The molecule has 0 unspecified atom stereocenters. The third-order valence-electron chi connectivity index (χ3n) is 9.02. The Morgan fingerprint density at radius 3 is 2.46 bits per heavy atom. The molecule has 0 radical (unpaired) electrons. The van der Waals surface area contributed by atoms with Gasteiger partial charge in [-0.1, -0.05) is 12.0 Å². The summed E-state index contributed by atoms with van der Waals surface area (Å²) in [5.74, 6) is 6.16. The van der Waals surface area contributed by atoms with Crippen molar-refractivity contribution in [1.82, 2.24) is 13.8 Å². The van der Waals surface area contributed by atoms with Crippen molar-refractivity contribution >= 4 is 32.3 Å². The van der Waals surface area contributed by atoms with E-state index in [0.717, 1.165) is 62.0 Å². The van der Waals surface area contributed by atoms with Gasteiger partial charge in [0.25, 0.3) is 0 Å². The molecule has 1 saturated carbocycles. The van der Waals surface area contributed by atoms with Gasteiger partial charge in [0.2, 0.25) is 10.0 Å². The van der Waals surface area contributed by atoms with Crippen molar-refractivity contribution in [1.29, 1.82) is 0 Å². The number of halogens is 3. The maximum absolute atomic E-state index is 13.7. The van der Waals surface area contributed by atoms with E-state index >= 15 is 0 Å². The highest BCUT2D eigenvalue weighted by atomic mass is 32.2. The Bertz CT molecular complexity index is 1700. The van der Waals surface area contributed by atoms with Crippen LogP contribution in [0, 0.1) is 11.8 Å². The monoisotopic (exact) mass is 661 g/mol. The summed E-state index contributed by atoms with van der Waals surface area (Å²) in [6.45, 7) is 4.68. The number of methoxy groups -OCH3 is 1. The van der Waals surface area contributed by atoms with Gasteiger partial charge in [0, 0.05) is 55.9 Å². The first-order valence-corrected chi connectivity index (χ1v) is 16.9. The number of nitrogens with zero attached hydrogens (tertiary/aromatic N) is 3. The molecule has 0 atom stereocenters. The molecule has 5 rings (SSSR count). The van der Waals surface area contributed by atoms with E-state index in [4.69, 9.17) is 9.47 Å². The molecule has 1 saturated heterocycles. The fraction of sp³-hybridized carbons (Fsp3) is 0.515. The van der Waals surface area contributed by atoms with Crippen LogP contribution >= 0.6 is 0 Å². The summed E-state index contributed by atoms with van der Waals surface area (Å²) >= 11 is 0. The van der Waals surface area contributed by atoms with Crippen LogP contribution < -0.4 is 15.4 Å². The largest absolute Gasteiger partial charge is 0.495 e. The van der Waals surface area contributed by atoms with Crippen LogP contribution in [0.5, 0.6) is 5.75 Å². The second-order valence-corrected chi connectivity index (χ2v) is 14.4. The van der Waals surface area contributed by atoms with Gasteiger partial charge < -0.3 is 24.7 Å². The summed E-state index contributed by atoms with van der Waals surface area (Å²) in [4.78, 5) is 2.61. The molecule has 3 aromatic rings. The van der Waals surface area contributed by atoms with E-state index in [1.807, 2.05) is 6.07 Å². The number of hydrogen-bond donors (Lipinski definition) is 2. The number of alkyl halides is 3. The molecule has 13 heteroatoms. The van der Waals surface area contributed by atoms with Crippen molar-refractivity contribution in [2.75, 3.05) is 64.7 Å². The van der Waals surface area contributed by atoms with E-state index in [1.165, 1.54) is 37.9 Å². The second-order valence-electron chi connectivity index (χ2n) is 12.3. The van der Waals surface area contributed by atoms with Gasteiger partial charge in [-0.25, -0.2) is 12.7 Å². The van der Waals surface area contributed by atoms with Crippen LogP contribution in [0.4, 0.5) is 24.5 Å². The average molecular weight is 662 g/mol. The highest BCUT2D eigenvalue weighted by Crippen LogP contribution is 2.37. The van der Waals surface area contributed by atoms with Crippen LogP contribution in [0.25, 0.3) is 10.9 Å². The van der Waals surface area contributed by atoms with Gasteiger partial charge in [-0.05, 0) is 68.9 Å². The van der Waals surface area contributed by atoms with E-state index in [-0.39, 0.29) is 28.7 Å². The van der Waals surface area contributed by atoms with Gasteiger partial charge >= 0.3 is 6.18 Å². The maximum Gasteiger partial charge on any atom is 0.406 e. The van der Waals surface area contributed by atoms with Crippen molar-refractivity contribution in [3.8, 4) is 17.6 Å². The molecular formula is C33H42F3N5O4S. The number of hydrogen-bond acceptors (Lipinski definition) is 7. The molecule has 0 amide bonds. The van der Waals surface area contributed by atoms with Gasteiger partial charge in [-0.2, -0.15) is 13.2 Å². The summed E-state index contributed by atoms with van der Waals surface area (Å²) in [6.07, 6.45) is -0.412. The SMILES string of the molecule is COc1cc(S(=O)(=O)N(C)C)ccc1NCC#Cc1cc2c(NC3CCC(C)(N4CCOCC4)CC3)cccc2n1CC(F)(F)F. The van der Waals surface area contributed by atoms with Crippen molar-refractivity contribution in [3.63, 3.8) is 0 Å². The number of ether oxygens (including phenoxy) is 2. The molecule has 250 valence electrons. The van der Waals surface area contributed by atoms with Gasteiger partial charge in [0.15, 0.2) is 0 Å². The van der Waals surface area contributed by atoms with E-state index in [0.29, 0.717) is 22.3 Å². The molecule has 46 heavy (non-hydrogen) atoms. The van der Waals surface area contributed by atoms with E-state index < -0.39 is 22.7 Å². The maximum atomic E-state index is 13.7. The van der Waals surface area contributed by atoms with E-state index in [9.17, 15) is 21.6 Å². The average Bonchev–Trinajstić information content (AvgIpc) is 3.37. The van der Waals surface area contributed by atoms with Gasteiger partial charge in [0.05, 0.1) is 48.7 Å². The predicted octanol–water partition coefficient (Wildman–Crippen LogP) is 5.37. The zero-order chi connectivity index (χ0) is 33.1. The number of fused-ring (bicyclic) bond motifs is 1. The highest BCUT2D eigenvalue weighted by Gasteiger charge is 2.37. The summed E-state index contributed by atoms with van der Waals surface area (Å²) in [7, 11) is 0.661. The lowest BCUT2D eigenvalue weighted by molar-refractivity contribution is -0.140. The number of sulfonamides is 1. The fourth-order valence-electron chi connectivity index (χ4n) is 6.35. The van der Waals surface area contributed by atoms with Crippen LogP contribution in [0.1, 0.15) is 38.3 Å². The molecule has 2 aromatic carbocycles. The summed E-state index contributed by atoms with van der Waals surface area (Å²) in [5, 5.41) is 7.41. The first kappa shape index (κ1) is 33.9. The molecule has 2 aliphatic rings. The molecule has 1 aliphatic carbocycles. The number of aromatic nitrogens is 1. The Labute approximate surface area is 269 Å². The van der Waals surface area contributed by atoms with Gasteiger partial charge in [-0.3, -0.25) is 4.90 Å². The number of rotatable bonds is 9. The molecule has 1 aromatic heterocycles. The number of nitrogens with one attached hydrogen (secondary N) is 2. The zero-order valence-electron chi connectivity index (χ0n) is 26.7. The molecular weight excluding hydrogens is 619 g/mol. The van der Waals surface area contributed by atoms with Crippen molar-refractivity contribution in [3.05, 3.63) is 48.2 Å². The first-order valence-electron chi connectivity index (χ1n) is 15.4. The normalized spacial score (nSPS) is 21.2. The molecule has 2 heterocycles. The topological polar surface area (TPSA) is 88.1 Å². The third-order valence-corrected chi connectivity index (χ3v) is 10.8. The van der Waals surface area contributed by atoms with E-state index in [2.05, 4.69) is 34.3 Å². The first-order chi connectivity index (χ1) is 21.8. The smallest absolute Gasteiger partial charge is 0.406 e. The number of anilines is 2. The summed E-state index contributed by atoms with van der Waals surface area (Å²) in [5.41, 5.74) is 2.17. The molecule has 9 nitrogen and oxygen atoms in total. The summed E-state index contributed by atoms with van der Waals surface area (Å²) < 4.78 is 79.4. The minimum Gasteiger partial charge on any atom is -0.495 e. The van der Waals surface area contributed by atoms with Gasteiger partial charge in [-0.15, -0.1) is 0 Å². The van der Waals surface area contributed by atoms with Gasteiger partial charge in [0.1, 0.15) is 12.3 Å². The Morgan fingerprint density at radius 1 is 1.09 bits per heavy atom. The lowest BCUT2D eigenvalue weighted by Gasteiger charge is -2.47. The second kappa shape index (κ2) is 13.7. The van der Waals surface area contributed by atoms with E-state index in [1.54, 1.807) is 24.3 Å². The molecule has 1 aliphatic heterocycles. The van der Waals surface area contributed by atoms with Crippen molar-refractivity contribution < 1.29 is 31.1 Å². The lowest BCUT2D eigenvalue weighted by Crippen LogP contribution is -2.54. The van der Waals surface area contributed by atoms with Crippen molar-refractivity contribution in [2.45, 2.75) is 61.8 Å². The van der Waals surface area contributed by atoms with Crippen LogP contribution in [0.15, 0.2) is 47.4 Å². The zero-order valence-corrected chi connectivity index (χ0v) is 27.5. The van der Waals surface area contributed by atoms with Crippen LogP contribution in [-0.2, 0) is 21.3 Å². The molecule has 2 N–H and O–H groups in total. The third kappa shape index (κ3) is 7.57. The highest BCUT2D eigenvalue weighted by molar-refractivity contribution is 7.89. The standard InChI is InChI=1S/C33H42F3N5O4S/c1-32(40-17-19-45-20-18-40)14-12-24(13-15-32)38-28-8-5-9-30-27(28)21-25(41(30)23-33(34,35)36)7-6-16-37-29-11-10-26(22-31(29)44-4)46(42,43)39(2)3/h5,8-11,21-22,24,37-38H,12-20,23H2,1-4H3. The molecule has 2 fully saturated rings. The quantitative estimate of drug-likeness (QED) is 0.298. The summed E-state index contributed by atoms with van der Waals surface area (Å²) in [6, 6.07) is 11.8. The number of morpholine rings is 1. The van der Waals surface area contributed by atoms with Crippen LogP contribution in [0.2, 0.25) is 0 Å². The Hall–Kier alpha value is -3.44. The lowest BCUT2D eigenvalue weighted by atomic mass is 9.79. The number of benzene rings is 2. The minimum absolute atomic E-state index is 0.0754.